The van der Waals surface area contributed by atoms with Crippen LogP contribution in [0.1, 0.15) is 22.4 Å². The lowest BCUT2D eigenvalue weighted by atomic mass is 10.0. The third-order valence-corrected chi connectivity index (χ3v) is 6.69. The van der Waals surface area contributed by atoms with E-state index >= 15 is 0 Å². The number of benzene rings is 1. The van der Waals surface area contributed by atoms with Crippen LogP contribution in [0.3, 0.4) is 0 Å². The Morgan fingerprint density at radius 2 is 2.07 bits per heavy atom. The van der Waals surface area contributed by atoms with E-state index in [1.165, 1.54) is 10.4 Å². The fourth-order valence-electron chi connectivity index (χ4n) is 3.93. The van der Waals surface area contributed by atoms with Gasteiger partial charge in [0.05, 0.1) is 14.2 Å². The lowest BCUT2D eigenvalue weighted by molar-refractivity contribution is -0.138. The zero-order valence-corrected chi connectivity index (χ0v) is 16.8. The molecule has 0 unspecified atom stereocenters. The summed E-state index contributed by atoms with van der Waals surface area (Å²) < 4.78 is 10.7. The molecule has 0 saturated carbocycles. The molecule has 1 aromatic heterocycles. The number of aryl methyl sites for hydroxylation is 1. The zero-order chi connectivity index (χ0) is 18.8. The first-order chi connectivity index (χ1) is 13.2. The molecule has 1 saturated heterocycles. The van der Waals surface area contributed by atoms with Crippen molar-refractivity contribution in [3.8, 4) is 11.5 Å². The number of ether oxygens (including phenoxy) is 2. The van der Waals surface area contributed by atoms with Crippen LogP contribution in [0, 0.1) is 0 Å². The molecule has 144 valence electrons. The summed E-state index contributed by atoms with van der Waals surface area (Å²) in [5.41, 5.74) is 2.52. The highest BCUT2D eigenvalue weighted by Crippen LogP contribution is 2.29. The second-order valence-corrected chi connectivity index (χ2v) is 8.22. The van der Waals surface area contributed by atoms with E-state index in [2.05, 4.69) is 16.3 Å². The summed E-state index contributed by atoms with van der Waals surface area (Å²) in [7, 11) is 3.29. The summed E-state index contributed by atoms with van der Waals surface area (Å²) in [6.07, 6.45) is 2.36. The van der Waals surface area contributed by atoms with Crippen molar-refractivity contribution in [2.24, 2.45) is 0 Å². The van der Waals surface area contributed by atoms with Gasteiger partial charge in [0.25, 0.3) is 0 Å². The van der Waals surface area contributed by atoms with Crippen molar-refractivity contribution in [2.75, 3.05) is 33.9 Å². The first-order valence-electron chi connectivity index (χ1n) is 9.46. The molecule has 0 radical (unpaired) electrons. The van der Waals surface area contributed by atoms with E-state index in [1.54, 1.807) is 14.2 Å². The van der Waals surface area contributed by atoms with Gasteiger partial charge in [0.1, 0.15) is 11.5 Å². The van der Waals surface area contributed by atoms with Gasteiger partial charge in [0.2, 0.25) is 5.91 Å². The van der Waals surface area contributed by atoms with Crippen LogP contribution in [-0.4, -0.2) is 55.6 Å². The van der Waals surface area contributed by atoms with Crippen molar-refractivity contribution >= 4 is 17.2 Å². The number of carbonyl (C=O) groups is 1. The van der Waals surface area contributed by atoms with Crippen molar-refractivity contribution in [1.82, 2.24) is 9.80 Å². The second-order valence-electron chi connectivity index (χ2n) is 7.22. The van der Waals surface area contributed by atoms with Gasteiger partial charge >= 0.3 is 0 Å². The monoisotopic (exact) mass is 386 g/mol. The first-order valence-corrected chi connectivity index (χ1v) is 10.3. The number of fused-ring (bicyclic) bond motifs is 1. The van der Waals surface area contributed by atoms with E-state index in [1.807, 2.05) is 34.4 Å². The van der Waals surface area contributed by atoms with Crippen LogP contribution in [0.4, 0.5) is 0 Å². The molecule has 4 rings (SSSR count). The van der Waals surface area contributed by atoms with E-state index < -0.39 is 0 Å². The maximum absolute atomic E-state index is 12.6. The number of carbonyl (C=O) groups excluding carboxylic acids is 1. The molecule has 27 heavy (non-hydrogen) atoms. The molecule has 2 aliphatic rings. The quantitative estimate of drug-likeness (QED) is 0.766. The SMILES string of the molecule is COc1ccc(CCC(=O)N2CC(N3CCc4sccc4C3)C2)c(OC)c1. The summed E-state index contributed by atoms with van der Waals surface area (Å²) >= 11 is 1.87. The van der Waals surface area contributed by atoms with E-state index in [0.29, 0.717) is 18.9 Å². The largest absolute Gasteiger partial charge is 0.497 e. The van der Waals surface area contributed by atoms with Gasteiger partial charge in [-0.3, -0.25) is 9.69 Å². The third-order valence-electron chi connectivity index (χ3n) is 5.67. The number of thiophene rings is 1. The van der Waals surface area contributed by atoms with Gasteiger partial charge in [-0.05, 0) is 41.5 Å². The third kappa shape index (κ3) is 3.82. The zero-order valence-electron chi connectivity index (χ0n) is 15.9. The highest BCUT2D eigenvalue weighted by Gasteiger charge is 2.35. The molecule has 2 aromatic rings. The molecule has 5 nitrogen and oxygen atoms in total. The van der Waals surface area contributed by atoms with Crippen LogP contribution in [0.15, 0.2) is 29.6 Å². The minimum atomic E-state index is 0.234. The molecule has 0 N–H and O–H groups in total. The topological polar surface area (TPSA) is 42.0 Å². The fourth-order valence-corrected chi connectivity index (χ4v) is 4.82. The van der Waals surface area contributed by atoms with Gasteiger partial charge in [-0.2, -0.15) is 0 Å². The van der Waals surface area contributed by atoms with Crippen molar-refractivity contribution in [1.29, 1.82) is 0 Å². The molecular weight excluding hydrogens is 360 g/mol. The molecular formula is C21H26N2O3S. The molecule has 1 aromatic carbocycles. The van der Waals surface area contributed by atoms with Gasteiger partial charge in [0.15, 0.2) is 0 Å². The minimum absolute atomic E-state index is 0.234. The predicted molar refractivity (Wildman–Crippen MR) is 107 cm³/mol. The average molecular weight is 387 g/mol. The fraction of sp³-hybridized carbons (Fsp3) is 0.476. The van der Waals surface area contributed by atoms with Crippen LogP contribution >= 0.6 is 11.3 Å². The summed E-state index contributed by atoms with van der Waals surface area (Å²) in [5, 5.41) is 2.19. The Morgan fingerprint density at radius 3 is 2.85 bits per heavy atom. The van der Waals surface area contributed by atoms with Crippen molar-refractivity contribution in [2.45, 2.75) is 31.8 Å². The second kappa shape index (κ2) is 7.90. The van der Waals surface area contributed by atoms with Gasteiger partial charge < -0.3 is 14.4 Å². The van der Waals surface area contributed by atoms with Crippen molar-refractivity contribution in [3.05, 3.63) is 45.6 Å². The maximum atomic E-state index is 12.6. The molecule has 0 bridgehead atoms. The number of hydrogen-bond acceptors (Lipinski definition) is 5. The van der Waals surface area contributed by atoms with Gasteiger partial charge in [-0.25, -0.2) is 0 Å². The Kier molecular flexibility index (Phi) is 5.36. The Labute approximate surface area is 164 Å². The van der Waals surface area contributed by atoms with Crippen LogP contribution in [0.2, 0.25) is 0 Å². The number of methoxy groups -OCH3 is 2. The van der Waals surface area contributed by atoms with Crippen molar-refractivity contribution < 1.29 is 14.3 Å². The van der Waals surface area contributed by atoms with Gasteiger partial charge in [0, 0.05) is 49.6 Å². The molecule has 1 amide bonds. The number of likely N-dealkylation sites (tertiary alicyclic amines) is 1. The number of amides is 1. The van der Waals surface area contributed by atoms with E-state index in [4.69, 9.17) is 9.47 Å². The molecule has 0 spiro atoms. The highest BCUT2D eigenvalue weighted by molar-refractivity contribution is 7.10. The maximum Gasteiger partial charge on any atom is 0.223 e. The Bertz CT molecular complexity index is 814. The molecule has 3 heterocycles. The first kappa shape index (κ1) is 18.3. The predicted octanol–water partition coefficient (Wildman–Crippen LogP) is 2.97. The van der Waals surface area contributed by atoms with Crippen LogP contribution < -0.4 is 9.47 Å². The van der Waals surface area contributed by atoms with Crippen LogP contribution in [-0.2, 0) is 24.2 Å². The summed E-state index contributed by atoms with van der Waals surface area (Å²) in [4.78, 5) is 18.6. The molecule has 2 aliphatic heterocycles. The summed E-state index contributed by atoms with van der Waals surface area (Å²) in [6, 6.07) is 8.52. The average Bonchev–Trinajstić information content (AvgIpc) is 3.13. The minimum Gasteiger partial charge on any atom is -0.497 e. The van der Waals surface area contributed by atoms with Gasteiger partial charge in [-0.1, -0.05) is 6.07 Å². The Hall–Kier alpha value is -2.05. The molecule has 0 atom stereocenters. The van der Waals surface area contributed by atoms with E-state index in [-0.39, 0.29) is 5.91 Å². The summed E-state index contributed by atoms with van der Waals surface area (Å²) in [5.74, 6) is 1.78. The smallest absolute Gasteiger partial charge is 0.223 e. The standard InChI is InChI=1S/C21H26N2O3S/c1-25-18-5-3-15(19(11-18)26-2)4-6-21(24)23-13-17(14-23)22-9-7-20-16(12-22)8-10-27-20/h3,5,8,10-11,17H,4,6-7,9,12-14H2,1-2H3. The Balaban J connectivity index is 1.26. The van der Waals surface area contributed by atoms with E-state index in [9.17, 15) is 4.79 Å². The molecule has 6 heteroatoms. The lowest BCUT2D eigenvalue weighted by Gasteiger charge is -2.46. The number of nitrogens with zero attached hydrogens (tertiary/aromatic N) is 2. The van der Waals surface area contributed by atoms with Crippen LogP contribution in [0.25, 0.3) is 0 Å². The summed E-state index contributed by atoms with van der Waals surface area (Å²) in [6.45, 7) is 3.87. The molecule has 1 fully saturated rings. The molecule has 0 aliphatic carbocycles. The lowest BCUT2D eigenvalue weighted by Crippen LogP contribution is -2.61. The van der Waals surface area contributed by atoms with Crippen LogP contribution in [0.5, 0.6) is 11.5 Å². The highest BCUT2D eigenvalue weighted by atomic mass is 32.1. The Morgan fingerprint density at radius 1 is 1.22 bits per heavy atom. The van der Waals surface area contributed by atoms with Gasteiger partial charge in [-0.15, -0.1) is 11.3 Å². The number of rotatable bonds is 6. The normalized spacial score (nSPS) is 17.3. The van der Waals surface area contributed by atoms with Crippen molar-refractivity contribution in [3.63, 3.8) is 0 Å². The van der Waals surface area contributed by atoms with E-state index in [0.717, 1.165) is 49.7 Å². The number of hydrogen-bond donors (Lipinski definition) is 0.